The number of nitrogens with zero attached hydrogens (tertiary/aromatic N) is 2. The number of aryl methyl sites for hydroxylation is 1. The standard InChI is InChI=1S/C18H17N3O/c1-12-3-2-4-15(9-12)18-20-17(21-22-18)14-6-5-13-7-8-19-11-16(13)10-14/h2-6,9-10,19H,7-8,11H2,1H3. The molecule has 0 aliphatic carbocycles. The van der Waals surface area contributed by atoms with Gasteiger partial charge in [0.05, 0.1) is 0 Å². The van der Waals surface area contributed by atoms with Gasteiger partial charge in [-0.1, -0.05) is 35.0 Å². The van der Waals surface area contributed by atoms with E-state index in [1.54, 1.807) is 0 Å². The Kier molecular flexibility index (Phi) is 3.24. The summed E-state index contributed by atoms with van der Waals surface area (Å²) in [6.45, 7) is 4.01. The molecule has 4 heteroatoms. The highest BCUT2D eigenvalue weighted by Crippen LogP contribution is 2.25. The zero-order chi connectivity index (χ0) is 14.9. The van der Waals surface area contributed by atoms with Gasteiger partial charge in [-0.3, -0.25) is 0 Å². The van der Waals surface area contributed by atoms with Gasteiger partial charge in [-0.15, -0.1) is 0 Å². The van der Waals surface area contributed by atoms with Gasteiger partial charge in [0, 0.05) is 17.7 Å². The molecule has 1 N–H and O–H groups in total. The summed E-state index contributed by atoms with van der Waals surface area (Å²) in [5.74, 6) is 1.21. The van der Waals surface area contributed by atoms with Gasteiger partial charge >= 0.3 is 0 Å². The number of fused-ring (bicyclic) bond motifs is 1. The molecular formula is C18H17N3O. The SMILES string of the molecule is Cc1cccc(-c2nc(-c3ccc4c(c3)CNCC4)no2)c1. The van der Waals surface area contributed by atoms with Gasteiger partial charge in [-0.2, -0.15) is 4.98 Å². The second kappa shape index (κ2) is 5.39. The molecule has 4 nitrogen and oxygen atoms in total. The van der Waals surface area contributed by atoms with E-state index in [9.17, 15) is 0 Å². The van der Waals surface area contributed by atoms with Crippen LogP contribution < -0.4 is 5.32 Å². The van der Waals surface area contributed by atoms with E-state index in [4.69, 9.17) is 4.52 Å². The van der Waals surface area contributed by atoms with Crippen LogP contribution in [-0.2, 0) is 13.0 Å². The number of rotatable bonds is 2. The topological polar surface area (TPSA) is 51.0 Å². The van der Waals surface area contributed by atoms with Crippen LogP contribution in [0.25, 0.3) is 22.8 Å². The smallest absolute Gasteiger partial charge is 0.258 e. The Morgan fingerprint density at radius 1 is 1.05 bits per heavy atom. The van der Waals surface area contributed by atoms with Gasteiger partial charge in [0.1, 0.15) is 0 Å². The highest BCUT2D eigenvalue weighted by molar-refractivity contribution is 5.61. The molecule has 0 saturated heterocycles. The molecule has 2 aromatic carbocycles. The largest absolute Gasteiger partial charge is 0.334 e. The normalized spacial score (nSPS) is 13.9. The molecule has 22 heavy (non-hydrogen) atoms. The Morgan fingerprint density at radius 2 is 2.00 bits per heavy atom. The van der Waals surface area contributed by atoms with Crippen molar-refractivity contribution in [2.75, 3.05) is 6.54 Å². The maximum absolute atomic E-state index is 5.43. The Morgan fingerprint density at radius 3 is 2.91 bits per heavy atom. The number of benzene rings is 2. The fraction of sp³-hybridized carbons (Fsp3) is 0.222. The molecular weight excluding hydrogens is 274 g/mol. The zero-order valence-electron chi connectivity index (χ0n) is 12.5. The average molecular weight is 291 g/mol. The first kappa shape index (κ1) is 13.2. The van der Waals surface area contributed by atoms with Crippen molar-refractivity contribution in [2.24, 2.45) is 0 Å². The fourth-order valence-corrected chi connectivity index (χ4v) is 2.86. The molecule has 1 aliphatic rings. The molecule has 0 radical (unpaired) electrons. The first-order chi connectivity index (χ1) is 10.8. The Labute approximate surface area is 129 Å². The van der Waals surface area contributed by atoms with Gasteiger partial charge < -0.3 is 9.84 Å². The third-order valence-corrected chi connectivity index (χ3v) is 4.04. The zero-order valence-corrected chi connectivity index (χ0v) is 12.5. The van der Waals surface area contributed by atoms with E-state index in [0.717, 1.165) is 30.6 Å². The lowest BCUT2D eigenvalue weighted by Crippen LogP contribution is -2.23. The van der Waals surface area contributed by atoms with E-state index >= 15 is 0 Å². The monoisotopic (exact) mass is 291 g/mol. The van der Waals surface area contributed by atoms with Crippen LogP contribution in [0.3, 0.4) is 0 Å². The number of nitrogens with one attached hydrogen (secondary N) is 1. The van der Waals surface area contributed by atoms with E-state index in [0.29, 0.717) is 11.7 Å². The molecule has 1 aromatic heterocycles. The van der Waals surface area contributed by atoms with Crippen molar-refractivity contribution in [3.63, 3.8) is 0 Å². The average Bonchev–Trinajstić information content (AvgIpc) is 3.04. The van der Waals surface area contributed by atoms with E-state index in [1.807, 2.05) is 18.2 Å². The second-order valence-corrected chi connectivity index (χ2v) is 5.70. The lowest BCUT2D eigenvalue weighted by Gasteiger charge is -2.17. The van der Waals surface area contributed by atoms with Crippen molar-refractivity contribution >= 4 is 0 Å². The van der Waals surface area contributed by atoms with Crippen LogP contribution in [0.1, 0.15) is 16.7 Å². The molecule has 110 valence electrons. The second-order valence-electron chi connectivity index (χ2n) is 5.70. The molecule has 4 rings (SSSR count). The Bertz CT molecular complexity index is 823. The molecule has 2 heterocycles. The van der Waals surface area contributed by atoms with E-state index in [2.05, 4.69) is 46.6 Å². The van der Waals surface area contributed by atoms with Crippen molar-refractivity contribution in [2.45, 2.75) is 19.9 Å². The third kappa shape index (κ3) is 2.42. The summed E-state index contributed by atoms with van der Waals surface area (Å²) < 4.78 is 5.43. The maximum Gasteiger partial charge on any atom is 0.258 e. The predicted molar refractivity (Wildman–Crippen MR) is 85.3 cm³/mol. The van der Waals surface area contributed by atoms with Gasteiger partial charge in [0.15, 0.2) is 0 Å². The summed E-state index contributed by atoms with van der Waals surface area (Å²) >= 11 is 0. The van der Waals surface area contributed by atoms with E-state index < -0.39 is 0 Å². The first-order valence-electron chi connectivity index (χ1n) is 7.53. The molecule has 1 aliphatic heterocycles. The van der Waals surface area contributed by atoms with Crippen LogP contribution >= 0.6 is 0 Å². The van der Waals surface area contributed by atoms with Crippen LogP contribution in [0.15, 0.2) is 47.0 Å². The summed E-state index contributed by atoms with van der Waals surface area (Å²) in [5.41, 5.74) is 5.87. The molecule has 0 spiro atoms. The maximum atomic E-state index is 5.43. The predicted octanol–water partition coefficient (Wildman–Crippen LogP) is 3.36. The van der Waals surface area contributed by atoms with Crippen LogP contribution in [-0.4, -0.2) is 16.7 Å². The first-order valence-corrected chi connectivity index (χ1v) is 7.53. The van der Waals surface area contributed by atoms with Gasteiger partial charge in [0.2, 0.25) is 5.82 Å². The molecule has 3 aromatic rings. The molecule has 0 atom stereocenters. The highest BCUT2D eigenvalue weighted by atomic mass is 16.5. The van der Waals surface area contributed by atoms with Crippen LogP contribution in [0.5, 0.6) is 0 Å². The summed E-state index contributed by atoms with van der Waals surface area (Å²) in [6.07, 6.45) is 1.08. The lowest BCUT2D eigenvalue weighted by molar-refractivity contribution is 0.432. The molecule has 0 fully saturated rings. The van der Waals surface area contributed by atoms with Crippen LogP contribution in [0.4, 0.5) is 0 Å². The molecule has 0 amide bonds. The van der Waals surface area contributed by atoms with E-state index in [-0.39, 0.29) is 0 Å². The summed E-state index contributed by atoms with van der Waals surface area (Å²) in [6, 6.07) is 14.5. The number of hydrogen-bond donors (Lipinski definition) is 1. The third-order valence-electron chi connectivity index (χ3n) is 4.04. The Balaban J connectivity index is 1.69. The number of hydrogen-bond acceptors (Lipinski definition) is 4. The van der Waals surface area contributed by atoms with Gasteiger partial charge in [-0.05, 0) is 49.2 Å². The highest BCUT2D eigenvalue weighted by Gasteiger charge is 2.14. The van der Waals surface area contributed by atoms with E-state index in [1.165, 1.54) is 16.7 Å². The van der Waals surface area contributed by atoms with Gasteiger partial charge in [-0.25, -0.2) is 0 Å². The number of aromatic nitrogens is 2. The fourth-order valence-electron chi connectivity index (χ4n) is 2.86. The molecule has 0 bridgehead atoms. The Hall–Kier alpha value is -2.46. The summed E-state index contributed by atoms with van der Waals surface area (Å²) in [4.78, 5) is 4.54. The molecule has 0 unspecified atom stereocenters. The van der Waals surface area contributed by atoms with Crippen molar-refractivity contribution in [1.82, 2.24) is 15.5 Å². The minimum Gasteiger partial charge on any atom is -0.334 e. The molecule has 0 saturated carbocycles. The van der Waals surface area contributed by atoms with Crippen molar-refractivity contribution < 1.29 is 4.52 Å². The minimum absolute atomic E-state index is 0.564. The van der Waals surface area contributed by atoms with Crippen molar-refractivity contribution in [1.29, 1.82) is 0 Å². The quantitative estimate of drug-likeness (QED) is 0.786. The summed E-state index contributed by atoms with van der Waals surface area (Å²) in [7, 11) is 0. The van der Waals surface area contributed by atoms with Crippen molar-refractivity contribution in [3.8, 4) is 22.8 Å². The van der Waals surface area contributed by atoms with Gasteiger partial charge in [0.25, 0.3) is 5.89 Å². The lowest BCUT2D eigenvalue weighted by atomic mass is 9.98. The summed E-state index contributed by atoms with van der Waals surface area (Å²) in [5, 5.41) is 7.53. The van der Waals surface area contributed by atoms with Crippen LogP contribution in [0.2, 0.25) is 0 Å². The van der Waals surface area contributed by atoms with Crippen LogP contribution in [0, 0.1) is 6.92 Å². The van der Waals surface area contributed by atoms with Crippen molar-refractivity contribution in [3.05, 3.63) is 59.2 Å². The minimum atomic E-state index is 0.564.